The first-order valence-corrected chi connectivity index (χ1v) is 4.52. The molecule has 0 radical (unpaired) electrons. The standard InChI is InChI=1S/C8H4BrN3O/c9-5-1-2-6-7(3-5)13-8-11-10-4-12(6)8/h1-4H. The third kappa shape index (κ3) is 0.904. The summed E-state index contributed by atoms with van der Waals surface area (Å²) >= 11 is 3.37. The van der Waals surface area contributed by atoms with E-state index in [1.807, 2.05) is 22.6 Å². The van der Waals surface area contributed by atoms with Gasteiger partial charge in [-0.15, -0.1) is 5.10 Å². The highest BCUT2D eigenvalue weighted by atomic mass is 79.9. The van der Waals surface area contributed by atoms with E-state index in [1.54, 1.807) is 6.33 Å². The highest BCUT2D eigenvalue weighted by Crippen LogP contribution is 2.22. The molecule has 0 unspecified atom stereocenters. The van der Waals surface area contributed by atoms with Gasteiger partial charge in [0.15, 0.2) is 5.58 Å². The molecule has 5 heteroatoms. The quantitative estimate of drug-likeness (QED) is 0.603. The molecular weight excluding hydrogens is 234 g/mol. The van der Waals surface area contributed by atoms with Gasteiger partial charge in [-0.3, -0.25) is 0 Å². The zero-order chi connectivity index (χ0) is 8.84. The number of hydrogen-bond donors (Lipinski definition) is 0. The Bertz CT molecular complexity index is 583. The van der Waals surface area contributed by atoms with Gasteiger partial charge >= 0.3 is 5.84 Å². The molecule has 0 amide bonds. The Morgan fingerprint density at radius 3 is 3.23 bits per heavy atom. The molecular formula is C8H4BrN3O. The van der Waals surface area contributed by atoms with Crippen LogP contribution >= 0.6 is 15.9 Å². The first-order chi connectivity index (χ1) is 6.34. The van der Waals surface area contributed by atoms with Gasteiger partial charge in [0.1, 0.15) is 6.33 Å². The predicted octanol–water partition coefficient (Wildman–Crippen LogP) is 2.24. The molecule has 0 fully saturated rings. The molecule has 64 valence electrons. The number of halogens is 1. The van der Waals surface area contributed by atoms with Gasteiger partial charge in [0.2, 0.25) is 0 Å². The molecule has 0 N–H and O–H groups in total. The van der Waals surface area contributed by atoms with Crippen molar-refractivity contribution in [1.29, 1.82) is 0 Å². The fourth-order valence-electron chi connectivity index (χ4n) is 1.33. The van der Waals surface area contributed by atoms with Gasteiger partial charge in [-0.05, 0) is 18.2 Å². The third-order valence-electron chi connectivity index (χ3n) is 1.90. The van der Waals surface area contributed by atoms with E-state index in [-0.39, 0.29) is 0 Å². The molecule has 0 saturated heterocycles. The van der Waals surface area contributed by atoms with E-state index < -0.39 is 0 Å². The maximum absolute atomic E-state index is 5.43. The summed E-state index contributed by atoms with van der Waals surface area (Å²) < 4.78 is 8.23. The molecule has 0 aliphatic carbocycles. The molecule has 0 aliphatic heterocycles. The molecule has 0 aliphatic rings. The minimum atomic E-state index is 0.521. The van der Waals surface area contributed by atoms with Gasteiger partial charge < -0.3 is 4.42 Å². The second-order valence-corrected chi connectivity index (χ2v) is 3.61. The number of benzene rings is 1. The molecule has 3 rings (SSSR count). The average Bonchev–Trinajstić information content (AvgIpc) is 2.62. The number of nitrogens with zero attached hydrogens (tertiary/aromatic N) is 3. The molecule has 2 heterocycles. The Kier molecular flexibility index (Phi) is 1.26. The molecule has 4 nitrogen and oxygen atoms in total. The minimum absolute atomic E-state index is 0.521. The summed E-state index contributed by atoms with van der Waals surface area (Å²) in [6.45, 7) is 0. The summed E-state index contributed by atoms with van der Waals surface area (Å²) in [4.78, 5) is 0. The smallest absolute Gasteiger partial charge is 0.327 e. The second-order valence-electron chi connectivity index (χ2n) is 2.70. The summed E-state index contributed by atoms with van der Waals surface area (Å²) in [5, 5.41) is 7.56. The maximum atomic E-state index is 5.43. The third-order valence-corrected chi connectivity index (χ3v) is 2.39. The Labute approximate surface area is 81.3 Å². The van der Waals surface area contributed by atoms with Gasteiger partial charge in [0.05, 0.1) is 5.52 Å². The number of hydrogen-bond acceptors (Lipinski definition) is 3. The van der Waals surface area contributed by atoms with Crippen molar-refractivity contribution in [2.45, 2.75) is 0 Å². The van der Waals surface area contributed by atoms with Crippen molar-refractivity contribution in [2.24, 2.45) is 0 Å². The average molecular weight is 238 g/mol. The highest BCUT2D eigenvalue weighted by Gasteiger charge is 2.06. The number of aromatic nitrogens is 3. The fraction of sp³-hybridized carbons (Fsp3) is 0. The van der Waals surface area contributed by atoms with Crippen LogP contribution in [0.3, 0.4) is 0 Å². The van der Waals surface area contributed by atoms with Crippen LogP contribution in [0.1, 0.15) is 0 Å². The summed E-state index contributed by atoms with van der Waals surface area (Å²) in [6, 6.07) is 5.82. The first-order valence-electron chi connectivity index (χ1n) is 3.72. The van der Waals surface area contributed by atoms with Gasteiger partial charge in [0, 0.05) is 4.47 Å². The van der Waals surface area contributed by atoms with Gasteiger partial charge in [0.25, 0.3) is 0 Å². The summed E-state index contributed by atoms with van der Waals surface area (Å²) in [5.41, 5.74) is 1.78. The van der Waals surface area contributed by atoms with E-state index in [1.165, 1.54) is 0 Å². The van der Waals surface area contributed by atoms with Crippen molar-refractivity contribution in [3.8, 4) is 0 Å². The van der Waals surface area contributed by atoms with Gasteiger partial charge in [-0.1, -0.05) is 21.0 Å². The number of rotatable bonds is 0. The SMILES string of the molecule is Brc1ccc2c(c1)oc1nncn12. The van der Waals surface area contributed by atoms with Crippen molar-refractivity contribution in [1.82, 2.24) is 14.6 Å². The normalized spacial score (nSPS) is 11.5. The lowest BCUT2D eigenvalue weighted by molar-refractivity contribution is 0.637. The Hall–Kier alpha value is -1.36. The van der Waals surface area contributed by atoms with Crippen molar-refractivity contribution < 1.29 is 4.42 Å². The van der Waals surface area contributed by atoms with E-state index in [2.05, 4.69) is 26.1 Å². The second kappa shape index (κ2) is 2.32. The van der Waals surface area contributed by atoms with E-state index in [9.17, 15) is 0 Å². The van der Waals surface area contributed by atoms with E-state index >= 15 is 0 Å². The molecule has 0 spiro atoms. The summed E-state index contributed by atoms with van der Waals surface area (Å²) in [7, 11) is 0. The van der Waals surface area contributed by atoms with E-state index in [0.717, 1.165) is 15.6 Å². The van der Waals surface area contributed by atoms with Crippen molar-refractivity contribution >= 4 is 32.9 Å². The monoisotopic (exact) mass is 237 g/mol. The lowest BCUT2D eigenvalue weighted by atomic mass is 10.3. The zero-order valence-corrected chi connectivity index (χ0v) is 8.02. The van der Waals surface area contributed by atoms with Gasteiger partial charge in [-0.25, -0.2) is 4.40 Å². The maximum Gasteiger partial charge on any atom is 0.327 e. The molecule has 0 bridgehead atoms. The highest BCUT2D eigenvalue weighted by molar-refractivity contribution is 9.10. The van der Waals surface area contributed by atoms with Crippen LogP contribution < -0.4 is 0 Å². The van der Waals surface area contributed by atoms with Crippen LogP contribution in [-0.4, -0.2) is 14.6 Å². The van der Waals surface area contributed by atoms with Crippen LogP contribution in [0.5, 0.6) is 0 Å². The van der Waals surface area contributed by atoms with Crippen molar-refractivity contribution in [3.05, 3.63) is 29.0 Å². The summed E-state index contributed by atoms with van der Waals surface area (Å²) in [6.07, 6.45) is 1.63. The lowest BCUT2D eigenvalue weighted by Crippen LogP contribution is -1.75. The fourth-order valence-corrected chi connectivity index (χ4v) is 1.67. The Morgan fingerprint density at radius 1 is 1.38 bits per heavy atom. The largest absolute Gasteiger partial charge is 0.422 e. The number of oxazole rings is 1. The van der Waals surface area contributed by atoms with E-state index in [0.29, 0.717) is 5.84 Å². The topological polar surface area (TPSA) is 43.3 Å². The van der Waals surface area contributed by atoms with Crippen LogP contribution in [0, 0.1) is 0 Å². The molecule has 3 aromatic rings. The number of fused-ring (bicyclic) bond motifs is 3. The van der Waals surface area contributed by atoms with Crippen LogP contribution in [0.2, 0.25) is 0 Å². The molecule has 0 saturated carbocycles. The van der Waals surface area contributed by atoms with Crippen LogP contribution in [0.25, 0.3) is 16.9 Å². The van der Waals surface area contributed by atoms with Crippen LogP contribution in [0.4, 0.5) is 0 Å². The van der Waals surface area contributed by atoms with Crippen LogP contribution in [0.15, 0.2) is 33.4 Å². The van der Waals surface area contributed by atoms with E-state index in [4.69, 9.17) is 4.42 Å². The van der Waals surface area contributed by atoms with Crippen molar-refractivity contribution in [2.75, 3.05) is 0 Å². The van der Waals surface area contributed by atoms with Gasteiger partial charge in [-0.2, -0.15) is 0 Å². The Balaban J connectivity index is 2.59. The summed E-state index contributed by atoms with van der Waals surface area (Å²) in [5.74, 6) is 0.521. The molecule has 13 heavy (non-hydrogen) atoms. The molecule has 1 aromatic carbocycles. The lowest BCUT2D eigenvalue weighted by Gasteiger charge is -1.88. The Morgan fingerprint density at radius 2 is 2.31 bits per heavy atom. The molecule has 0 atom stereocenters. The zero-order valence-electron chi connectivity index (χ0n) is 6.44. The molecule has 2 aromatic heterocycles. The minimum Gasteiger partial charge on any atom is -0.422 e. The predicted molar refractivity (Wildman–Crippen MR) is 50.5 cm³/mol. The first kappa shape index (κ1) is 7.08. The van der Waals surface area contributed by atoms with Crippen LogP contribution in [-0.2, 0) is 0 Å². The van der Waals surface area contributed by atoms with Crippen molar-refractivity contribution in [3.63, 3.8) is 0 Å².